The number of rotatable bonds is 8. The highest BCUT2D eigenvalue weighted by atomic mass is 32.2. The van der Waals surface area contributed by atoms with Crippen molar-refractivity contribution >= 4 is 33.2 Å². The molecule has 0 amide bonds. The molecule has 3 aromatic carbocycles. The van der Waals surface area contributed by atoms with E-state index < -0.39 is 0 Å². The van der Waals surface area contributed by atoms with Gasteiger partial charge < -0.3 is 19.7 Å². The molecule has 1 heterocycles. The van der Waals surface area contributed by atoms with Crippen molar-refractivity contribution in [3.05, 3.63) is 66.7 Å². The first-order chi connectivity index (χ1) is 14.6. The number of hydrogen-bond acceptors (Lipinski definition) is 6. The van der Waals surface area contributed by atoms with E-state index in [-0.39, 0.29) is 11.5 Å². The molecule has 0 atom stereocenters. The summed E-state index contributed by atoms with van der Waals surface area (Å²) in [6, 6.07) is 20.7. The van der Waals surface area contributed by atoms with Crippen LogP contribution in [0.1, 0.15) is 6.92 Å². The van der Waals surface area contributed by atoms with Crippen LogP contribution in [-0.4, -0.2) is 30.0 Å². The summed E-state index contributed by atoms with van der Waals surface area (Å²) in [6.45, 7) is 3.77. The summed E-state index contributed by atoms with van der Waals surface area (Å²) < 4.78 is 12.0. The van der Waals surface area contributed by atoms with Crippen LogP contribution in [0.2, 0.25) is 0 Å². The zero-order valence-electron chi connectivity index (χ0n) is 16.5. The lowest BCUT2D eigenvalue weighted by Crippen LogP contribution is -2.06. The summed E-state index contributed by atoms with van der Waals surface area (Å²) in [5.74, 6) is 1.32. The Bertz CT molecular complexity index is 1120. The first kappa shape index (κ1) is 20.6. The molecule has 4 aromatic rings. The summed E-state index contributed by atoms with van der Waals surface area (Å²) in [7, 11) is 0. The van der Waals surface area contributed by atoms with Crippen LogP contribution in [0.15, 0.2) is 76.5 Å². The number of benzene rings is 3. The van der Waals surface area contributed by atoms with Gasteiger partial charge in [-0.3, -0.25) is 0 Å². The van der Waals surface area contributed by atoms with Crippen molar-refractivity contribution in [3.8, 4) is 27.7 Å². The Morgan fingerprint density at radius 1 is 0.867 bits per heavy atom. The van der Waals surface area contributed by atoms with E-state index in [1.807, 2.05) is 49.4 Å². The minimum atomic E-state index is 0.242. The SMILES string of the molecule is CCOCCOc1ccc(Sc2c(-c3ccc(O)cc3)sc3cc(O)ccc23)cc1. The minimum absolute atomic E-state index is 0.242. The molecule has 4 rings (SSSR count). The highest BCUT2D eigenvalue weighted by Gasteiger charge is 2.16. The predicted molar refractivity (Wildman–Crippen MR) is 123 cm³/mol. The van der Waals surface area contributed by atoms with Crippen LogP contribution >= 0.6 is 23.1 Å². The van der Waals surface area contributed by atoms with Crippen molar-refractivity contribution in [1.82, 2.24) is 0 Å². The number of phenols is 2. The maximum atomic E-state index is 9.91. The summed E-state index contributed by atoms with van der Waals surface area (Å²) in [5.41, 5.74) is 1.03. The molecule has 2 N–H and O–H groups in total. The topological polar surface area (TPSA) is 58.9 Å². The van der Waals surface area contributed by atoms with Crippen LogP contribution in [0.25, 0.3) is 20.5 Å². The van der Waals surface area contributed by atoms with Crippen molar-refractivity contribution in [2.45, 2.75) is 16.7 Å². The second kappa shape index (κ2) is 9.43. The Balaban J connectivity index is 1.63. The van der Waals surface area contributed by atoms with E-state index >= 15 is 0 Å². The number of hydrogen-bond donors (Lipinski definition) is 2. The van der Waals surface area contributed by atoms with Crippen LogP contribution in [0.4, 0.5) is 0 Å². The normalized spacial score (nSPS) is 11.1. The molecule has 4 nitrogen and oxygen atoms in total. The van der Waals surface area contributed by atoms with Gasteiger partial charge in [-0.15, -0.1) is 11.3 Å². The maximum absolute atomic E-state index is 9.91. The van der Waals surface area contributed by atoms with Crippen LogP contribution < -0.4 is 4.74 Å². The zero-order valence-corrected chi connectivity index (χ0v) is 18.1. The molecule has 0 spiro atoms. The van der Waals surface area contributed by atoms with Gasteiger partial charge in [0.25, 0.3) is 0 Å². The molecule has 0 aliphatic heterocycles. The molecule has 0 saturated heterocycles. The fraction of sp³-hybridized carbons (Fsp3) is 0.167. The van der Waals surface area contributed by atoms with Gasteiger partial charge in [0, 0.05) is 31.4 Å². The van der Waals surface area contributed by atoms with Crippen molar-refractivity contribution in [2.75, 3.05) is 19.8 Å². The molecule has 1 aromatic heterocycles. The molecule has 30 heavy (non-hydrogen) atoms. The van der Waals surface area contributed by atoms with Gasteiger partial charge >= 0.3 is 0 Å². The van der Waals surface area contributed by atoms with Gasteiger partial charge in [0.15, 0.2) is 0 Å². The zero-order chi connectivity index (χ0) is 20.9. The molecule has 0 radical (unpaired) electrons. The predicted octanol–water partition coefficient (Wildman–Crippen LogP) is 6.55. The first-order valence-corrected chi connectivity index (χ1v) is 11.3. The molecule has 0 unspecified atom stereocenters. The van der Waals surface area contributed by atoms with E-state index in [4.69, 9.17) is 9.47 Å². The lowest BCUT2D eigenvalue weighted by Gasteiger charge is -2.08. The highest BCUT2D eigenvalue weighted by Crippen LogP contribution is 2.47. The van der Waals surface area contributed by atoms with Crippen LogP contribution in [0, 0.1) is 0 Å². The van der Waals surface area contributed by atoms with Crippen LogP contribution in [0.5, 0.6) is 17.2 Å². The Kier molecular flexibility index (Phi) is 6.47. The molecule has 0 saturated carbocycles. The third-order valence-corrected chi connectivity index (χ3v) is 6.97. The number of fused-ring (bicyclic) bond motifs is 1. The third-order valence-electron chi connectivity index (χ3n) is 4.50. The number of phenolic OH excluding ortho intramolecular Hbond substituents is 2. The van der Waals surface area contributed by atoms with Crippen molar-refractivity contribution in [1.29, 1.82) is 0 Å². The second-order valence-corrected chi connectivity index (χ2v) is 8.74. The number of ether oxygens (including phenoxy) is 2. The van der Waals surface area contributed by atoms with E-state index in [0.717, 1.165) is 36.1 Å². The molecule has 154 valence electrons. The quantitative estimate of drug-likeness (QED) is 0.306. The smallest absolute Gasteiger partial charge is 0.119 e. The molecule has 6 heteroatoms. The van der Waals surface area contributed by atoms with Gasteiger partial charge in [0.05, 0.1) is 6.61 Å². The average molecular weight is 439 g/mol. The van der Waals surface area contributed by atoms with Gasteiger partial charge in [-0.25, -0.2) is 0 Å². The minimum Gasteiger partial charge on any atom is -0.508 e. The fourth-order valence-corrected chi connectivity index (χ4v) is 5.51. The molecular formula is C24H22O4S2. The van der Waals surface area contributed by atoms with Gasteiger partial charge in [0.2, 0.25) is 0 Å². The first-order valence-electron chi connectivity index (χ1n) is 9.67. The Morgan fingerprint density at radius 3 is 2.33 bits per heavy atom. The molecule has 0 aliphatic carbocycles. The van der Waals surface area contributed by atoms with Crippen molar-refractivity contribution < 1.29 is 19.7 Å². The van der Waals surface area contributed by atoms with Crippen molar-refractivity contribution in [2.24, 2.45) is 0 Å². The number of thiophene rings is 1. The standard InChI is InChI=1S/C24H22O4S2/c1-2-27-13-14-28-19-8-10-20(11-9-19)29-24-21-12-7-18(26)15-22(21)30-23(24)16-3-5-17(25)6-4-16/h3-12,15,25-26H,2,13-14H2,1H3. The van der Waals surface area contributed by atoms with Gasteiger partial charge in [-0.05, 0) is 79.2 Å². The summed E-state index contributed by atoms with van der Waals surface area (Å²) in [5, 5.41) is 20.7. The number of aromatic hydroxyl groups is 2. The van der Waals surface area contributed by atoms with Gasteiger partial charge in [0.1, 0.15) is 23.9 Å². The molecule has 0 aliphatic rings. The van der Waals surface area contributed by atoms with Crippen LogP contribution in [0.3, 0.4) is 0 Å². The van der Waals surface area contributed by atoms with E-state index in [1.54, 1.807) is 47.4 Å². The van der Waals surface area contributed by atoms with E-state index in [1.165, 1.54) is 0 Å². The van der Waals surface area contributed by atoms with Gasteiger partial charge in [-0.1, -0.05) is 11.8 Å². The highest BCUT2D eigenvalue weighted by molar-refractivity contribution is 8.00. The van der Waals surface area contributed by atoms with E-state index in [9.17, 15) is 10.2 Å². The van der Waals surface area contributed by atoms with Crippen molar-refractivity contribution in [3.63, 3.8) is 0 Å². The molecular weight excluding hydrogens is 416 g/mol. The lowest BCUT2D eigenvalue weighted by molar-refractivity contribution is 0.110. The van der Waals surface area contributed by atoms with E-state index in [2.05, 4.69) is 0 Å². The third kappa shape index (κ3) is 4.73. The fourth-order valence-electron chi connectivity index (χ4n) is 3.05. The van der Waals surface area contributed by atoms with Gasteiger partial charge in [-0.2, -0.15) is 0 Å². The lowest BCUT2D eigenvalue weighted by atomic mass is 10.1. The monoisotopic (exact) mass is 438 g/mol. The molecule has 0 bridgehead atoms. The second-order valence-electron chi connectivity index (χ2n) is 6.61. The largest absolute Gasteiger partial charge is 0.508 e. The maximum Gasteiger partial charge on any atom is 0.119 e. The summed E-state index contributed by atoms with van der Waals surface area (Å²) in [4.78, 5) is 3.34. The Morgan fingerprint density at radius 2 is 1.60 bits per heavy atom. The summed E-state index contributed by atoms with van der Waals surface area (Å²) >= 11 is 3.32. The van der Waals surface area contributed by atoms with E-state index in [0.29, 0.717) is 19.8 Å². The average Bonchev–Trinajstić information content (AvgIpc) is 3.10. The summed E-state index contributed by atoms with van der Waals surface area (Å²) in [6.07, 6.45) is 0. The van der Waals surface area contributed by atoms with Crippen LogP contribution in [-0.2, 0) is 4.74 Å². The Labute approximate surface area is 183 Å². The Hall–Kier alpha value is -2.67. The molecule has 0 fully saturated rings.